The molecule has 1 heterocycles. The third-order valence-corrected chi connectivity index (χ3v) is 6.53. The topological polar surface area (TPSA) is 54.3 Å². The third-order valence-electron chi connectivity index (χ3n) is 6.18. The summed E-state index contributed by atoms with van der Waals surface area (Å²) >= 11 is 6.26. The summed E-state index contributed by atoms with van der Waals surface area (Å²) in [6.45, 7) is 3.53. The summed E-state index contributed by atoms with van der Waals surface area (Å²) in [4.78, 5) is 12.4. The molecule has 32 heavy (non-hydrogen) atoms. The molecule has 2 aromatic carbocycles. The van der Waals surface area contributed by atoms with Crippen molar-refractivity contribution >= 4 is 28.5 Å². The maximum Gasteiger partial charge on any atom is 0.352 e. The maximum atomic E-state index is 13.5. The number of nitrogens with one attached hydrogen (secondary N) is 1. The van der Waals surface area contributed by atoms with Crippen LogP contribution in [0.3, 0.4) is 0 Å². The maximum absolute atomic E-state index is 13.5. The highest BCUT2D eigenvalue weighted by atomic mass is 35.5. The van der Waals surface area contributed by atoms with E-state index in [0.717, 1.165) is 41.4 Å². The van der Waals surface area contributed by atoms with Gasteiger partial charge in [0, 0.05) is 34.6 Å². The molecule has 0 bridgehead atoms. The van der Waals surface area contributed by atoms with Crippen molar-refractivity contribution in [2.75, 3.05) is 6.54 Å². The molecule has 0 saturated carbocycles. The molecule has 0 aliphatic heterocycles. The SMILES string of the molecule is Cc1ccc2c(CNCCC3=CCCCC3)c(C(=O)O)n(Cc3ccc(F)cc3Cl)c2c1. The largest absolute Gasteiger partial charge is 0.477 e. The highest BCUT2D eigenvalue weighted by molar-refractivity contribution is 6.31. The minimum Gasteiger partial charge on any atom is -0.477 e. The van der Waals surface area contributed by atoms with E-state index in [2.05, 4.69) is 11.4 Å². The molecule has 6 heteroatoms. The minimum atomic E-state index is -0.983. The predicted octanol–water partition coefficient (Wildman–Crippen LogP) is 6.47. The van der Waals surface area contributed by atoms with Crippen LogP contribution in [0.4, 0.5) is 4.39 Å². The Morgan fingerprint density at radius 2 is 2.06 bits per heavy atom. The Hall–Kier alpha value is -2.63. The first-order valence-corrected chi connectivity index (χ1v) is 11.5. The number of carbonyl (C=O) groups is 1. The van der Waals surface area contributed by atoms with Gasteiger partial charge in [-0.1, -0.05) is 41.4 Å². The smallest absolute Gasteiger partial charge is 0.352 e. The molecule has 3 aromatic rings. The normalized spacial score (nSPS) is 14.0. The number of aromatic carboxylic acids is 1. The first kappa shape index (κ1) is 22.6. The summed E-state index contributed by atoms with van der Waals surface area (Å²) in [5.74, 6) is -1.40. The molecule has 1 aromatic heterocycles. The monoisotopic (exact) mass is 454 g/mol. The van der Waals surface area contributed by atoms with E-state index < -0.39 is 11.8 Å². The number of carboxylic acids is 1. The molecule has 2 N–H and O–H groups in total. The van der Waals surface area contributed by atoms with Gasteiger partial charge in [-0.3, -0.25) is 0 Å². The van der Waals surface area contributed by atoms with Crippen molar-refractivity contribution in [3.63, 3.8) is 0 Å². The summed E-state index contributed by atoms with van der Waals surface area (Å²) in [5, 5.41) is 14.8. The van der Waals surface area contributed by atoms with Crippen LogP contribution >= 0.6 is 11.6 Å². The summed E-state index contributed by atoms with van der Waals surface area (Å²) < 4.78 is 15.3. The summed E-state index contributed by atoms with van der Waals surface area (Å²) in [5.41, 5.74) is 5.07. The number of benzene rings is 2. The van der Waals surface area contributed by atoms with E-state index in [-0.39, 0.29) is 17.3 Å². The Kier molecular flexibility index (Phi) is 6.97. The van der Waals surface area contributed by atoms with Crippen molar-refractivity contribution in [1.29, 1.82) is 0 Å². The fourth-order valence-electron chi connectivity index (χ4n) is 4.53. The second-order valence-electron chi connectivity index (χ2n) is 8.51. The molecule has 168 valence electrons. The first-order valence-electron chi connectivity index (χ1n) is 11.1. The Morgan fingerprint density at radius 3 is 2.78 bits per heavy atom. The van der Waals surface area contributed by atoms with Gasteiger partial charge in [-0.05, 0) is 74.9 Å². The first-order chi connectivity index (χ1) is 15.4. The lowest BCUT2D eigenvalue weighted by Gasteiger charge is -2.13. The Balaban J connectivity index is 1.66. The lowest BCUT2D eigenvalue weighted by molar-refractivity contribution is 0.0684. The van der Waals surface area contributed by atoms with Gasteiger partial charge in [-0.25, -0.2) is 9.18 Å². The van der Waals surface area contributed by atoms with Gasteiger partial charge in [-0.15, -0.1) is 0 Å². The van der Waals surface area contributed by atoms with E-state index in [1.54, 1.807) is 10.6 Å². The molecule has 0 amide bonds. The summed E-state index contributed by atoms with van der Waals surface area (Å²) in [6.07, 6.45) is 8.19. The number of nitrogens with zero attached hydrogens (tertiary/aromatic N) is 1. The second-order valence-corrected chi connectivity index (χ2v) is 8.92. The number of fused-ring (bicyclic) bond motifs is 1. The summed E-state index contributed by atoms with van der Waals surface area (Å²) in [6, 6.07) is 10.2. The van der Waals surface area contributed by atoms with Crippen molar-refractivity contribution in [2.45, 2.75) is 52.1 Å². The van der Waals surface area contributed by atoms with E-state index in [1.165, 1.54) is 37.0 Å². The van der Waals surface area contributed by atoms with Crippen LogP contribution in [-0.2, 0) is 13.1 Å². The molecule has 4 rings (SSSR count). The van der Waals surface area contributed by atoms with Crippen LogP contribution < -0.4 is 5.32 Å². The van der Waals surface area contributed by atoms with Gasteiger partial charge >= 0.3 is 5.97 Å². The number of carboxylic acid groups (broad SMARTS) is 1. The number of rotatable bonds is 8. The number of hydrogen-bond acceptors (Lipinski definition) is 2. The number of allylic oxidation sites excluding steroid dienone is 1. The molecule has 0 saturated heterocycles. The number of aromatic nitrogens is 1. The van der Waals surface area contributed by atoms with Gasteiger partial charge < -0.3 is 15.0 Å². The number of aryl methyl sites for hydroxylation is 1. The van der Waals surface area contributed by atoms with Crippen LogP contribution in [0.15, 0.2) is 48.0 Å². The molecule has 1 aliphatic rings. The van der Waals surface area contributed by atoms with Gasteiger partial charge in [0.25, 0.3) is 0 Å². The Labute approximate surface area is 192 Å². The molecular formula is C26H28ClFN2O2. The lowest BCUT2D eigenvalue weighted by atomic mass is 9.97. The van der Waals surface area contributed by atoms with Crippen molar-refractivity contribution in [3.05, 3.63) is 81.3 Å². The molecule has 1 aliphatic carbocycles. The van der Waals surface area contributed by atoms with E-state index in [4.69, 9.17) is 11.6 Å². The zero-order valence-electron chi connectivity index (χ0n) is 18.3. The van der Waals surface area contributed by atoms with Crippen LogP contribution in [0.2, 0.25) is 5.02 Å². The second kappa shape index (κ2) is 9.88. The third kappa shape index (κ3) is 4.89. The standard InChI is InChI=1S/C26H28ClFN2O2/c1-17-7-10-21-22(15-29-12-11-18-5-3-2-4-6-18)25(26(31)32)30(24(21)13-17)16-19-8-9-20(28)14-23(19)27/h5,7-10,13-14,29H,2-4,6,11-12,15-16H2,1H3,(H,31,32). The van der Waals surface area contributed by atoms with E-state index in [9.17, 15) is 14.3 Å². The van der Waals surface area contributed by atoms with Crippen LogP contribution in [0.5, 0.6) is 0 Å². The predicted molar refractivity (Wildman–Crippen MR) is 127 cm³/mol. The number of halogens is 2. The highest BCUT2D eigenvalue weighted by Crippen LogP contribution is 2.30. The molecular weight excluding hydrogens is 427 g/mol. The van der Waals surface area contributed by atoms with Crippen LogP contribution in [0.1, 0.15) is 59.3 Å². The van der Waals surface area contributed by atoms with Gasteiger partial charge in [0.1, 0.15) is 11.5 Å². The molecule has 0 atom stereocenters. The average molecular weight is 455 g/mol. The van der Waals surface area contributed by atoms with Gasteiger partial charge in [0.15, 0.2) is 0 Å². The lowest BCUT2D eigenvalue weighted by Crippen LogP contribution is -2.19. The number of hydrogen-bond donors (Lipinski definition) is 2. The molecule has 0 radical (unpaired) electrons. The van der Waals surface area contributed by atoms with Crippen molar-refractivity contribution in [2.24, 2.45) is 0 Å². The van der Waals surface area contributed by atoms with Gasteiger partial charge in [0.05, 0.1) is 0 Å². The average Bonchev–Trinajstić information content (AvgIpc) is 3.06. The van der Waals surface area contributed by atoms with Crippen molar-refractivity contribution in [3.8, 4) is 0 Å². The minimum absolute atomic E-state index is 0.246. The molecule has 0 unspecified atom stereocenters. The zero-order valence-corrected chi connectivity index (χ0v) is 19.0. The molecule has 0 spiro atoms. The molecule has 4 nitrogen and oxygen atoms in total. The van der Waals surface area contributed by atoms with Crippen LogP contribution in [-0.4, -0.2) is 22.2 Å². The fourth-order valence-corrected chi connectivity index (χ4v) is 4.76. The van der Waals surface area contributed by atoms with E-state index in [1.807, 2.05) is 25.1 Å². The van der Waals surface area contributed by atoms with Crippen molar-refractivity contribution in [1.82, 2.24) is 9.88 Å². The van der Waals surface area contributed by atoms with E-state index in [0.29, 0.717) is 12.1 Å². The van der Waals surface area contributed by atoms with Crippen LogP contribution in [0, 0.1) is 12.7 Å². The fraction of sp³-hybridized carbons (Fsp3) is 0.346. The molecule has 0 fully saturated rings. The van der Waals surface area contributed by atoms with Crippen molar-refractivity contribution < 1.29 is 14.3 Å². The summed E-state index contributed by atoms with van der Waals surface area (Å²) in [7, 11) is 0. The van der Waals surface area contributed by atoms with E-state index >= 15 is 0 Å². The Morgan fingerprint density at radius 1 is 1.22 bits per heavy atom. The van der Waals surface area contributed by atoms with Crippen LogP contribution in [0.25, 0.3) is 10.9 Å². The Bertz CT molecular complexity index is 1180. The van der Waals surface area contributed by atoms with Gasteiger partial charge in [-0.2, -0.15) is 0 Å². The zero-order chi connectivity index (χ0) is 22.7. The van der Waals surface area contributed by atoms with Gasteiger partial charge in [0.2, 0.25) is 0 Å². The highest BCUT2D eigenvalue weighted by Gasteiger charge is 2.23. The quantitative estimate of drug-likeness (QED) is 0.303.